The summed E-state index contributed by atoms with van der Waals surface area (Å²) in [6.07, 6.45) is 10.8. The molecule has 0 spiro atoms. The zero-order valence-corrected chi connectivity index (χ0v) is 17.9. The Morgan fingerprint density at radius 3 is 2.66 bits per heavy atom. The fourth-order valence-corrected chi connectivity index (χ4v) is 5.71. The molecule has 3 unspecified atom stereocenters. The number of ether oxygens (including phenoxy) is 1. The van der Waals surface area contributed by atoms with Crippen molar-refractivity contribution in [3.8, 4) is 5.75 Å². The molecular weight excluding hydrogens is 367 g/mol. The van der Waals surface area contributed by atoms with Crippen LogP contribution in [0.25, 0.3) is 0 Å². The van der Waals surface area contributed by atoms with E-state index in [1.807, 2.05) is 0 Å². The van der Waals surface area contributed by atoms with Crippen LogP contribution in [0.4, 0.5) is 10.1 Å². The molecule has 0 saturated carbocycles. The summed E-state index contributed by atoms with van der Waals surface area (Å²) in [5.41, 5.74) is 0.575. The first-order valence-electron chi connectivity index (χ1n) is 11.5. The average molecular weight is 403 g/mol. The van der Waals surface area contributed by atoms with Gasteiger partial charge in [-0.05, 0) is 49.7 Å². The van der Waals surface area contributed by atoms with Crippen LogP contribution in [-0.2, 0) is 4.79 Å². The Morgan fingerprint density at radius 2 is 1.93 bits per heavy atom. The molecule has 4 rings (SSSR count). The molecule has 29 heavy (non-hydrogen) atoms. The van der Waals surface area contributed by atoms with Crippen molar-refractivity contribution in [2.24, 2.45) is 11.8 Å². The van der Waals surface area contributed by atoms with Crippen LogP contribution in [-0.4, -0.2) is 42.6 Å². The minimum atomic E-state index is -0.331. The van der Waals surface area contributed by atoms with Crippen molar-refractivity contribution < 1.29 is 13.9 Å². The van der Waals surface area contributed by atoms with Crippen LogP contribution >= 0.6 is 0 Å². The van der Waals surface area contributed by atoms with Crippen LogP contribution in [0.1, 0.15) is 65.2 Å². The Morgan fingerprint density at radius 1 is 1.17 bits per heavy atom. The van der Waals surface area contributed by atoms with Gasteiger partial charge in [0.05, 0.1) is 5.69 Å². The minimum absolute atomic E-state index is 0.0414. The summed E-state index contributed by atoms with van der Waals surface area (Å²) >= 11 is 0. The summed E-state index contributed by atoms with van der Waals surface area (Å²) in [7, 11) is 0. The summed E-state index contributed by atoms with van der Waals surface area (Å²) in [5.74, 6) is 1.44. The van der Waals surface area contributed by atoms with Crippen LogP contribution in [0, 0.1) is 17.7 Å². The Hall–Kier alpha value is -1.62. The molecule has 2 saturated heterocycles. The highest BCUT2D eigenvalue weighted by Gasteiger charge is 2.41. The molecule has 3 aliphatic heterocycles. The zero-order valence-electron chi connectivity index (χ0n) is 17.9. The number of amides is 1. The first kappa shape index (κ1) is 20.6. The van der Waals surface area contributed by atoms with Gasteiger partial charge in [0.15, 0.2) is 6.61 Å². The fraction of sp³-hybridized carbons (Fsp3) is 0.708. The molecule has 0 aliphatic carbocycles. The number of rotatable bonds is 8. The Labute approximate surface area is 174 Å². The number of anilines is 1. The first-order chi connectivity index (χ1) is 14.0. The van der Waals surface area contributed by atoms with Gasteiger partial charge in [-0.15, -0.1) is 0 Å². The van der Waals surface area contributed by atoms with Crippen LogP contribution < -0.4 is 9.64 Å². The summed E-state index contributed by atoms with van der Waals surface area (Å²) < 4.78 is 19.2. The number of hydrogen-bond acceptors (Lipinski definition) is 3. The molecule has 4 nitrogen and oxygen atoms in total. The molecule has 0 aromatic heterocycles. The molecule has 0 N–H and O–H groups in total. The van der Waals surface area contributed by atoms with Crippen LogP contribution in [0.2, 0.25) is 0 Å². The van der Waals surface area contributed by atoms with Crippen molar-refractivity contribution in [1.29, 1.82) is 0 Å². The van der Waals surface area contributed by atoms with E-state index in [9.17, 15) is 9.18 Å². The van der Waals surface area contributed by atoms with Crippen molar-refractivity contribution in [1.82, 2.24) is 4.90 Å². The third-order valence-corrected chi connectivity index (χ3v) is 7.08. The monoisotopic (exact) mass is 402 g/mol. The molecule has 1 aromatic carbocycles. The van der Waals surface area contributed by atoms with Crippen molar-refractivity contribution in [2.45, 2.75) is 77.3 Å². The van der Waals surface area contributed by atoms with E-state index in [-0.39, 0.29) is 18.3 Å². The van der Waals surface area contributed by atoms with Crippen LogP contribution in [0.3, 0.4) is 0 Å². The summed E-state index contributed by atoms with van der Waals surface area (Å²) in [5, 5.41) is 0. The largest absolute Gasteiger partial charge is 0.482 e. The molecule has 1 amide bonds. The third-order valence-electron chi connectivity index (χ3n) is 7.08. The molecule has 160 valence electrons. The highest BCUT2D eigenvalue weighted by atomic mass is 19.1. The van der Waals surface area contributed by atoms with Gasteiger partial charge in [-0.25, -0.2) is 4.39 Å². The van der Waals surface area contributed by atoms with Crippen LogP contribution in [0.15, 0.2) is 18.2 Å². The molecule has 2 fully saturated rings. The molecule has 0 radical (unpaired) electrons. The molecule has 1 aromatic rings. The third kappa shape index (κ3) is 4.60. The standard InChI is InChI=1S/C24H35FN2O2/c1-3-4-5-6-18-11-20-8-9-21(12-18)26(20)14-17(2)15-27-22-13-19(25)7-10-23(22)29-16-24(27)28/h7,10,13,17-18,20-21H,3-6,8-9,11-12,14-16H2,1-2H3. The first-order valence-corrected chi connectivity index (χ1v) is 11.5. The van der Waals surface area contributed by atoms with E-state index in [1.165, 1.54) is 63.5 Å². The van der Waals surface area contributed by atoms with Gasteiger partial charge in [0, 0.05) is 31.2 Å². The molecular formula is C24H35FN2O2. The second-order valence-corrected chi connectivity index (χ2v) is 9.43. The SMILES string of the molecule is CCCCCC1CC2CCC(C1)N2CC(C)CN1C(=O)COc2ccc(F)cc21. The summed E-state index contributed by atoms with van der Waals surface area (Å²) in [4.78, 5) is 16.9. The van der Waals surface area contributed by atoms with Gasteiger partial charge < -0.3 is 9.64 Å². The van der Waals surface area contributed by atoms with Gasteiger partial charge in [-0.2, -0.15) is 0 Å². The number of nitrogens with zero attached hydrogens (tertiary/aromatic N) is 2. The normalized spacial score (nSPS) is 27.6. The molecule has 5 heteroatoms. The van der Waals surface area contributed by atoms with E-state index < -0.39 is 0 Å². The second kappa shape index (κ2) is 9.03. The Balaban J connectivity index is 1.36. The van der Waals surface area contributed by atoms with Gasteiger partial charge in [0.2, 0.25) is 0 Å². The maximum Gasteiger partial charge on any atom is 0.265 e. The van der Waals surface area contributed by atoms with Gasteiger partial charge in [0.25, 0.3) is 5.91 Å². The van der Waals surface area contributed by atoms with E-state index >= 15 is 0 Å². The molecule has 3 aliphatic rings. The zero-order chi connectivity index (χ0) is 20.4. The van der Waals surface area contributed by atoms with E-state index in [2.05, 4.69) is 18.7 Å². The summed E-state index contributed by atoms with van der Waals surface area (Å²) in [6, 6.07) is 5.86. The smallest absolute Gasteiger partial charge is 0.265 e. The number of carbonyl (C=O) groups excluding carboxylic acids is 1. The quantitative estimate of drug-likeness (QED) is 0.573. The number of benzene rings is 1. The van der Waals surface area contributed by atoms with Gasteiger partial charge in [-0.1, -0.05) is 39.5 Å². The Bertz CT molecular complexity index is 711. The van der Waals surface area contributed by atoms with E-state index in [0.717, 1.165) is 12.5 Å². The highest BCUT2D eigenvalue weighted by molar-refractivity contribution is 5.97. The highest BCUT2D eigenvalue weighted by Crippen LogP contribution is 2.41. The number of hydrogen-bond donors (Lipinski definition) is 0. The van der Waals surface area contributed by atoms with Gasteiger partial charge >= 0.3 is 0 Å². The lowest BCUT2D eigenvalue weighted by atomic mass is 9.86. The number of carbonyl (C=O) groups is 1. The molecule has 3 atom stereocenters. The van der Waals surface area contributed by atoms with Crippen molar-refractivity contribution in [2.75, 3.05) is 24.6 Å². The topological polar surface area (TPSA) is 32.8 Å². The minimum Gasteiger partial charge on any atom is -0.482 e. The molecule has 3 heterocycles. The van der Waals surface area contributed by atoms with E-state index in [1.54, 1.807) is 11.0 Å². The maximum absolute atomic E-state index is 13.8. The van der Waals surface area contributed by atoms with Gasteiger partial charge in [0.1, 0.15) is 11.6 Å². The lowest BCUT2D eigenvalue weighted by molar-refractivity contribution is -0.121. The lowest BCUT2D eigenvalue weighted by Crippen LogP contribution is -2.48. The summed E-state index contributed by atoms with van der Waals surface area (Å²) in [6.45, 7) is 6.18. The van der Waals surface area contributed by atoms with Gasteiger partial charge in [-0.3, -0.25) is 9.69 Å². The van der Waals surface area contributed by atoms with Crippen molar-refractivity contribution in [3.63, 3.8) is 0 Å². The predicted octanol–water partition coefficient (Wildman–Crippen LogP) is 5.01. The Kier molecular flexibility index (Phi) is 6.43. The average Bonchev–Trinajstić information content (AvgIpc) is 2.92. The van der Waals surface area contributed by atoms with Crippen LogP contribution in [0.5, 0.6) is 5.75 Å². The number of halogens is 1. The number of unbranched alkanes of at least 4 members (excludes halogenated alkanes) is 2. The fourth-order valence-electron chi connectivity index (χ4n) is 5.71. The second-order valence-electron chi connectivity index (χ2n) is 9.43. The predicted molar refractivity (Wildman–Crippen MR) is 114 cm³/mol. The number of piperidine rings is 1. The van der Waals surface area contributed by atoms with E-state index in [4.69, 9.17) is 4.74 Å². The lowest BCUT2D eigenvalue weighted by Gasteiger charge is -2.41. The maximum atomic E-state index is 13.8. The van der Waals surface area contributed by atoms with E-state index in [0.29, 0.717) is 36.0 Å². The number of fused-ring (bicyclic) bond motifs is 3. The van der Waals surface area contributed by atoms with Crippen molar-refractivity contribution in [3.05, 3.63) is 24.0 Å². The molecule has 2 bridgehead atoms. The van der Waals surface area contributed by atoms with Crippen molar-refractivity contribution >= 4 is 11.6 Å².